The van der Waals surface area contributed by atoms with Crippen LogP contribution in [0.25, 0.3) is 0 Å². The summed E-state index contributed by atoms with van der Waals surface area (Å²) in [6, 6.07) is 21.1. The van der Waals surface area contributed by atoms with E-state index >= 15 is 0 Å². The molecule has 0 aliphatic rings. The molecule has 10 nitrogen and oxygen atoms in total. The number of ether oxygens (including phenoxy) is 3. The van der Waals surface area contributed by atoms with Crippen molar-refractivity contribution < 1.29 is 28.6 Å². The van der Waals surface area contributed by atoms with Crippen LogP contribution in [0.4, 0.5) is 4.79 Å². The Bertz CT molecular complexity index is 1260. The van der Waals surface area contributed by atoms with Gasteiger partial charge in [-0.3, -0.25) is 9.59 Å². The number of carbonyl (C=O) groups is 3. The van der Waals surface area contributed by atoms with Crippen molar-refractivity contribution in [3.8, 4) is 5.75 Å². The zero-order valence-corrected chi connectivity index (χ0v) is 24.8. The molecule has 3 aromatic rings. The molecule has 3 amide bonds. The van der Waals surface area contributed by atoms with Crippen LogP contribution in [0, 0.1) is 0 Å². The molecule has 0 atom stereocenters. The number of hydrogen-bond acceptors (Lipinski definition) is 6. The molecule has 1 heterocycles. The predicted octanol–water partition coefficient (Wildman–Crippen LogP) is 4.08. The fourth-order valence-electron chi connectivity index (χ4n) is 4.44. The number of amides is 3. The largest absolute Gasteiger partial charge is 0.497 e. The number of hydrogen-bond donors (Lipinski definition) is 1. The van der Waals surface area contributed by atoms with E-state index in [4.69, 9.17) is 14.2 Å². The summed E-state index contributed by atoms with van der Waals surface area (Å²) in [5, 5.41) is 2.58. The third kappa shape index (κ3) is 10.6. The monoisotopic (exact) mass is 578 g/mol. The molecule has 0 saturated heterocycles. The molecule has 3 rings (SSSR count). The summed E-state index contributed by atoms with van der Waals surface area (Å²) in [6.45, 7) is 6.07. The number of nitrogens with one attached hydrogen (secondary N) is 1. The fraction of sp³-hybridized carbons (Fsp3) is 0.406. The van der Waals surface area contributed by atoms with Crippen molar-refractivity contribution in [2.24, 2.45) is 0 Å². The summed E-state index contributed by atoms with van der Waals surface area (Å²) in [6.07, 6.45) is 2.54. The van der Waals surface area contributed by atoms with Crippen molar-refractivity contribution in [3.63, 3.8) is 0 Å². The lowest BCUT2D eigenvalue weighted by atomic mass is 10.2. The van der Waals surface area contributed by atoms with Gasteiger partial charge in [-0.15, -0.1) is 0 Å². The number of benzene rings is 2. The van der Waals surface area contributed by atoms with Gasteiger partial charge >= 0.3 is 12.0 Å². The Kier molecular flexibility index (Phi) is 13.4. The van der Waals surface area contributed by atoms with Gasteiger partial charge in [-0.25, -0.2) is 4.79 Å². The van der Waals surface area contributed by atoms with E-state index in [2.05, 4.69) is 9.88 Å². The second-order valence-corrected chi connectivity index (χ2v) is 9.65. The second kappa shape index (κ2) is 17.5. The van der Waals surface area contributed by atoms with Gasteiger partial charge in [0.1, 0.15) is 18.8 Å². The van der Waals surface area contributed by atoms with Crippen LogP contribution in [0.5, 0.6) is 5.75 Å². The van der Waals surface area contributed by atoms with Crippen molar-refractivity contribution in [1.82, 2.24) is 19.7 Å². The SMILES string of the molecule is CCOCCCN(CC(=O)N(Cc1ccccc1)Cc1cccn1Cc1cccc(OC)c1)C(=O)NCC(=O)OCC. The van der Waals surface area contributed by atoms with Gasteiger partial charge in [0.25, 0.3) is 0 Å². The first-order chi connectivity index (χ1) is 20.4. The van der Waals surface area contributed by atoms with Gasteiger partial charge in [0.2, 0.25) is 5.91 Å². The maximum atomic E-state index is 13.8. The van der Waals surface area contributed by atoms with E-state index in [-0.39, 0.29) is 25.6 Å². The average Bonchev–Trinajstić information content (AvgIpc) is 3.43. The zero-order valence-electron chi connectivity index (χ0n) is 24.8. The van der Waals surface area contributed by atoms with Crippen LogP contribution in [0.3, 0.4) is 0 Å². The number of methoxy groups -OCH3 is 1. The Labute approximate surface area is 248 Å². The molecule has 0 spiro atoms. The third-order valence-electron chi connectivity index (χ3n) is 6.56. The summed E-state index contributed by atoms with van der Waals surface area (Å²) >= 11 is 0. The number of nitrogens with zero attached hydrogens (tertiary/aromatic N) is 3. The summed E-state index contributed by atoms with van der Waals surface area (Å²) in [5.74, 6) is 0.0392. The van der Waals surface area contributed by atoms with E-state index in [0.717, 1.165) is 22.6 Å². The van der Waals surface area contributed by atoms with Gasteiger partial charge in [0.15, 0.2) is 0 Å². The molecule has 1 N–H and O–H groups in total. The summed E-state index contributed by atoms with van der Waals surface area (Å²) in [4.78, 5) is 41.9. The first-order valence-electron chi connectivity index (χ1n) is 14.3. The van der Waals surface area contributed by atoms with Crippen LogP contribution < -0.4 is 10.1 Å². The number of carbonyl (C=O) groups excluding carboxylic acids is 3. The van der Waals surface area contributed by atoms with E-state index in [0.29, 0.717) is 45.8 Å². The first kappa shape index (κ1) is 32.2. The molecule has 0 radical (unpaired) electrons. The fourth-order valence-corrected chi connectivity index (χ4v) is 4.44. The van der Waals surface area contributed by atoms with Crippen molar-refractivity contribution in [2.75, 3.05) is 46.6 Å². The standard InChI is InChI=1S/C32H42N4O6/c1-4-41-19-11-18-35(32(39)33-21-31(38)42-5-2)25-30(37)36(22-26-12-7-6-8-13-26)24-28-15-10-17-34(28)23-27-14-9-16-29(20-27)40-3/h6-10,12-17,20H,4-5,11,18-19,21-25H2,1-3H3,(H,33,39). The normalized spacial score (nSPS) is 10.6. The van der Waals surface area contributed by atoms with Crippen LogP contribution in [0.1, 0.15) is 37.1 Å². The van der Waals surface area contributed by atoms with E-state index < -0.39 is 12.0 Å². The Hall–Kier alpha value is -4.31. The van der Waals surface area contributed by atoms with Gasteiger partial charge in [0.05, 0.1) is 20.3 Å². The Balaban J connectivity index is 1.78. The van der Waals surface area contributed by atoms with Gasteiger partial charge in [0, 0.05) is 44.7 Å². The Morgan fingerprint density at radius 3 is 2.40 bits per heavy atom. The van der Waals surface area contributed by atoms with Crippen LogP contribution >= 0.6 is 0 Å². The lowest BCUT2D eigenvalue weighted by Crippen LogP contribution is -2.48. The van der Waals surface area contributed by atoms with E-state index in [1.54, 1.807) is 18.9 Å². The minimum atomic E-state index is -0.533. The highest BCUT2D eigenvalue weighted by Crippen LogP contribution is 2.17. The zero-order chi connectivity index (χ0) is 30.2. The highest BCUT2D eigenvalue weighted by atomic mass is 16.5. The van der Waals surface area contributed by atoms with Gasteiger partial charge in [-0.05, 0) is 55.7 Å². The molecular formula is C32H42N4O6. The molecule has 10 heteroatoms. The van der Waals surface area contributed by atoms with Gasteiger partial charge in [-0.1, -0.05) is 42.5 Å². The number of aromatic nitrogens is 1. The Morgan fingerprint density at radius 1 is 0.881 bits per heavy atom. The van der Waals surface area contributed by atoms with E-state index in [1.165, 1.54) is 4.90 Å². The van der Waals surface area contributed by atoms with Crippen LogP contribution in [0.15, 0.2) is 72.9 Å². The molecule has 2 aromatic carbocycles. The van der Waals surface area contributed by atoms with Crippen molar-refractivity contribution in [3.05, 3.63) is 89.7 Å². The lowest BCUT2D eigenvalue weighted by molar-refractivity contribution is -0.141. The molecular weight excluding hydrogens is 536 g/mol. The molecule has 0 saturated carbocycles. The molecule has 0 unspecified atom stereocenters. The average molecular weight is 579 g/mol. The topological polar surface area (TPSA) is 102 Å². The molecule has 226 valence electrons. The third-order valence-corrected chi connectivity index (χ3v) is 6.56. The molecule has 0 bridgehead atoms. The van der Waals surface area contributed by atoms with Crippen molar-refractivity contribution >= 4 is 17.9 Å². The molecule has 0 aliphatic heterocycles. The molecule has 1 aromatic heterocycles. The molecule has 0 fully saturated rings. The number of urea groups is 1. The second-order valence-electron chi connectivity index (χ2n) is 9.65. The van der Waals surface area contributed by atoms with Crippen molar-refractivity contribution in [2.45, 2.75) is 39.9 Å². The highest BCUT2D eigenvalue weighted by Gasteiger charge is 2.23. The molecule has 0 aliphatic carbocycles. The first-order valence-corrected chi connectivity index (χ1v) is 14.3. The summed E-state index contributed by atoms with van der Waals surface area (Å²) in [5.41, 5.74) is 3.01. The van der Waals surface area contributed by atoms with E-state index in [1.807, 2.05) is 79.9 Å². The highest BCUT2D eigenvalue weighted by molar-refractivity contribution is 5.86. The summed E-state index contributed by atoms with van der Waals surface area (Å²) < 4.78 is 17.8. The van der Waals surface area contributed by atoms with Crippen molar-refractivity contribution in [1.29, 1.82) is 0 Å². The van der Waals surface area contributed by atoms with E-state index in [9.17, 15) is 14.4 Å². The maximum absolute atomic E-state index is 13.8. The van der Waals surface area contributed by atoms with Gasteiger partial charge < -0.3 is 33.9 Å². The number of rotatable bonds is 17. The minimum absolute atomic E-state index is 0.149. The predicted molar refractivity (Wildman–Crippen MR) is 160 cm³/mol. The van der Waals surface area contributed by atoms with Crippen LogP contribution in [-0.2, 0) is 38.7 Å². The maximum Gasteiger partial charge on any atom is 0.325 e. The molecule has 42 heavy (non-hydrogen) atoms. The Morgan fingerprint density at radius 2 is 1.67 bits per heavy atom. The minimum Gasteiger partial charge on any atom is -0.497 e. The summed E-state index contributed by atoms with van der Waals surface area (Å²) in [7, 11) is 1.64. The number of esters is 1. The smallest absolute Gasteiger partial charge is 0.325 e. The lowest BCUT2D eigenvalue weighted by Gasteiger charge is -2.28. The van der Waals surface area contributed by atoms with Gasteiger partial charge in [-0.2, -0.15) is 0 Å². The van der Waals surface area contributed by atoms with Crippen LogP contribution in [0.2, 0.25) is 0 Å². The van der Waals surface area contributed by atoms with Crippen LogP contribution in [-0.4, -0.2) is 78.8 Å². The quantitative estimate of drug-likeness (QED) is 0.191.